The Labute approximate surface area is 171 Å². The van der Waals surface area contributed by atoms with Crippen LogP contribution in [0.5, 0.6) is 5.75 Å². The van der Waals surface area contributed by atoms with Gasteiger partial charge in [0.25, 0.3) is 0 Å². The van der Waals surface area contributed by atoms with E-state index in [1.54, 1.807) is 6.07 Å². The molecule has 5 heteroatoms. The van der Waals surface area contributed by atoms with Crippen LogP contribution in [0.3, 0.4) is 0 Å². The first-order valence-electron chi connectivity index (χ1n) is 10.4. The standard InChI is InChI=1S/C23H41O4P/c1-10-17-14-20(24)19(22(7,8)9)15-18(17)23(11-2,28(25,26)27)13-12-16(3)21(4,5)6/h14-16,24H,10-13H2,1-9H3,(H2,25,26,27). The summed E-state index contributed by atoms with van der Waals surface area (Å²) >= 11 is 0. The molecule has 0 saturated carbocycles. The third kappa shape index (κ3) is 5.20. The Morgan fingerprint density at radius 3 is 1.89 bits per heavy atom. The van der Waals surface area contributed by atoms with Crippen LogP contribution in [0.1, 0.15) is 98.3 Å². The van der Waals surface area contributed by atoms with Crippen LogP contribution >= 0.6 is 7.60 Å². The van der Waals surface area contributed by atoms with Crippen LogP contribution in [0.4, 0.5) is 0 Å². The average molecular weight is 413 g/mol. The van der Waals surface area contributed by atoms with Gasteiger partial charge in [0.2, 0.25) is 0 Å². The van der Waals surface area contributed by atoms with Gasteiger partial charge in [0.05, 0.1) is 5.16 Å². The zero-order chi connectivity index (χ0) is 22.1. The maximum absolute atomic E-state index is 12.9. The minimum Gasteiger partial charge on any atom is -0.508 e. The van der Waals surface area contributed by atoms with Crippen molar-refractivity contribution in [3.63, 3.8) is 0 Å². The van der Waals surface area contributed by atoms with Crippen LogP contribution in [0.2, 0.25) is 0 Å². The predicted molar refractivity (Wildman–Crippen MR) is 118 cm³/mol. The first kappa shape index (κ1) is 25.2. The molecule has 0 amide bonds. The molecule has 0 aromatic heterocycles. The summed E-state index contributed by atoms with van der Waals surface area (Å²) in [6.45, 7) is 18.5. The minimum atomic E-state index is -4.45. The van der Waals surface area contributed by atoms with Crippen molar-refractivity contribution in [1.29, 1.82) is 0 Å². The van der Waals surface area contributed by atoms with Crippen LogP contribution in [-0.2, 0) is 21.6 Å². The first-order valence-corrected chi connectivity index (χ1v) is 12.0. The van der Waals surface area contributed by atoms with Crippen LogP contribution < -0.4 is 0 Å². The smallest absolute Gasteiger partial charge is 0.335 e. The molecule has 1 aromatic carbocycles. The van der Waals surface area contributed by atoms with Crippen molar-refractivity contribution in [2.45, 2.75) is 98.6 Å². The van der Waals surface area contributed by atoms with E-state index in [1.165, 1.54) is 0 Å². The van der Waals surface area contributed by atoms with Gasteiger partial charge in [0, 0.05) is 0 Å². The van der Waals surface area contributed by atoms with Gasteiger partial charge < -0.3 is 14.9 Å². The third-order valence-corrected chi connectivity index (χ3v) is 8.42. The van der Waals surface area contributed by atoms with Gasteiger partial charge in [-0.25, -0.2) is 0 Å². The molecule has 0 aliphatic carbocycles. The molecule has 162 valence electrons. The maximum atomic E-state index is 12.9. The molecule has 0 bridgehead atoms. The summed E-state index contributed by atoms with van der Waals surface area (Å²) in [7, 11) is -4.45. The zero-order valence-corrected chi connectivity index (χ0v) is 20.2. The van der Waals surface area contributed by atoms with Crippen molar-refractivity contribution >= 4 is 7.60 Å². The molecular formula is C23H41O4P. The fourth-order valence-corrected chi connectivity index (χ4v) is 5.21. The molecule has 1 rings (SSSR count). The third-order valence-electron chi connectivity index (χ3n) is 6.52. The zero-order valence-electron chi connectivity index (χ0n) is 19.3. The Bertz CT molecular complexity index is 721. The topological polar surface area (TPSA) is 77.8 Å². The summed E-state index contributed by atoms with van der Waals surface area (Å²) in [5.74, 6) is 0.529. The van der Waals surface area contributed by atoms with Gasteiger partial charge >= 0.3 is 7.60 Å². The highest BCUT2D eigenvalue weighted by atomic mass is 31.2. The van der Waals surface area contributed by atoms with E-state index in [9.17, 15) is 19.5 Å². The molecule has 2 atom stereocenters. The Kier molecular flexibility index (Phi) is 7.65. The second-order valence-electron chi connectivity index (χ2n) is 10.4. The highest BCUT2D eigenvalue weighted by Gasteiger charge is 2.48. The Balaban J connectivity index is 3.69. The summed E-state index contributed by atoms with van der Waals surface area (Å²) < 4.78 is 12.9. The van der Waals surface area contributed by atoms with E-state index >= 15 is 0 Å². The van der Waals surface area contributed by atoms with Gasteiger partial charge in [0.1, 0.15) is 5.75 Å². The Morgan fingerprint density at radius 2 is 1.54 bits per heavy atom. The summed E-state index contributed by atoms with van der Waals surface area (Å²) in [4.78, 5) is 21.1. The van der Waals surface area contributed by atoms with Crippen molar-refractivity contribution < 1.29 is 19.5 Å². The van der Waals surface area contributed by atoms with Gasteiger partial charge in [-0.15, -0.1) is 0 Å². The quantitative estimate of drug-likeness (QED) is 0.447. The largest absolute Gasteiger partial charge is 0.508 e. The fourth-order valence-electron chi connectivity index (χ4n) is 3.86. The number of rotatable bonds is 7. The molecule has 2 unspecified atom stereocenters. The number of aryl methyl sites for hydroxylation is 1. The van der Waals surface area contributed by atoms with Crippen molar-refractivity contribution in [1.82, 2.24) is 0 Å². The molecule has 0 radical (unpaired) electrons. The second kappa shape index (κ2) is 8.50. The number of phenols is 1. The highest BCUT2D eigenvalue weighted by molar-refractivity contribution is 7.53. The molecule has 0 aliphatic rings. The summed E-state index contributed by atoms with van der Waals surface area (Å²) in [5.41, 5.74) is 2.01. The summed E-state index contributed by atoms with van der Waals surface area (Å²) in [5, 5.41) is 9.32. The Morgan fingerprint density at radius 1 is 1.00 bits per heavy atom. The lowest BCUT2D eigenvalue weighted by atomic mass is 9.75. The van der Waals surface area contributed by atoms with E-state index in [1.807, 2.05) is 40.7 Å². The summed E-state index contributed by atoms with van der Waals surface area (Å²) in [6.07, 6.45) is 2.13. The monoisotopic (exact) mass is 412 g/mol. The predicted octanol–water partition coefficient (Wildman–Crippen LogP) is 6.50. The number of benzene rings is 1. The Hall–Kier alpha value is -0.830. The van der Waals surface area contributed by atoms with Gasteiger partial charge in [0.15, 0.2) is 0 Å². The average Bonchev–Trinajstić information content (AvgIpc) is 2.52. The molecule has 4 nitrogen and oxygen atoms in total. The number of hydrogen-bond acceptors (Lipinski definition) is 2. The molecule has 1 aromatic rings. The molecule has 28 heavy (non-hydrogen) atoms. The van der Waals surface area contributed by atoms with Gasteiger partial charge in [-0.05, 0) is 65.2 Å². The van der Waals surface area contributed by atoms with Crippen LogP contribution in [0.25, 0.3) is 0 Å². The summed E-state index contributed by atoms with van der Waals surface area (Å²) in [6, 6.07) is 3.57. The maximum Gasteiger partial charge on any atom is 0.335 e. The number of phenolic OH excluding ortho intramolecular Hbond substituents is 1. The fraction of sp³-hybridized carbons (Fsp3) is 0.739. The van der Waals surface area contributed by atoms with E-state index in [4.69, 9.17) is 0 Å². The highest BCUT2D eigenvalue weighted by Crippen LogP contribution is 2.63. The second-order valence-corrected chi connectivity index (χ2v) is 12.3. The minimum absolute atomic E-state index is 0.0769. The molecule has 0 aliphatic heterocycles. The lowest BCUT2D eigenvalue weighted by Crippen LogP contribution is -2.30. The normalized spacial score (nSPS) is 16.7. The molecular weight excluding hydrogens is 371 g/mol. The first-order chi connectivity index (χ1) is 12.5. The lowest BCUT2D eigenvalue weighted by molar-refractivity contribution is 0.222. The van der Waals surface area contributed by atoms with Crippen molar-refractivity contribution in [2.24, 2.45) is 11.3 Å². The van der Waals surface area contributed by atoms with E-state index in [2.05, 4.69) is 27.7 Å². The van der Waals surface area contributed by atoms with Crippen LogP contribution in [0.15, 0.2) is 12.1 Å². The molecule has 0 fully saturated rings. The van der Waals surface area contributed by atoms with Gasteiger partial charge in [-0.1, -0.05) is 68.4 Å². The SMILES string of the molecule is CCc1cc(O)c(C(C)(C)C)cc1C(CC)(CCC(C)C(C)(C)C)P(=O)(O)O. The molecule has 0 saturated heterocycles. The van der Waals surface area contributed by atoms with Gasteiger partial charge in [-0.2, -0.15) is 0 Å². The van der Waals surface area contributed by atoms with E-state index in [0.717, 1.165) is 17.5 Å². The molecule has 0 heterocycles. The van der Waals surface area contributed by atoms with Crippen molar-refractivity contribution in [2.75, 3.05) is 0 Å². The molecule has 3 N–H and O–H groups in total. The number of hydrogen-bond donors (Lipinski definition) is 3. The van der Waals surface area contributed by atoms with Crippen molar-refractivity contribution in [3.8, 4) is 5.75 Å². The van der Waals surface area contributed by atoms with Crippen molar-refractivity contribution in [3.05, 3.63) is 28.8 Å². The van der Waals surface area contributed by atoms with Crippen LogP contribution in [0, 0.1) is 11.3 Å². The number of aromatic hydroxyl groups is 1. The van der Waals surface area contributed by atoms with Gasteiger partial charge in [-0.3, -0.25) is 4.57 Å². The lowest BCUT2D eigenvalue weighted by Gasteiger charge is -2.39. The van der Waals surface area contributed by atoms with E-state index in [-0.39, 0.29) is 16.6 Å². The van der Waals surface area contributed by atoms with Crippen LogP contribution in [-0.4, -0.2) is 14.9 Å². The van der Waals surface area contributed by atoms with E-state index in [0.29, 0.717) is 30.7 Å². The van der Waals surface area contributed by atoms with E-state index < -0.39 is 12.8 Å². The molecule has 0 spiro atoms.